The van der Waals surface area contributed by atoms with Crippen molar-refractivity contribution >= 4 is 25.6 Å². The van der Waals surface area contributed by atoms with E-state index in [0.29, 0.717) is 12.8 Å². The van der Waals surface area contributed by atoms with Crippen LogP contribution in [-0.4, -0.2) is 51.9 Å². The second-order valence-corrected chi connectivity index (χ2v) is 11.3. The molecule has 0 aliphatic heterocycles. The Hall–Kier alpha value is -0.890. The Morgan fingerprint density at radius 2 is 1.27 bits per heavy atom. The molecule has 0 aromatic rings. The van der Waals surface area contributed by atoms with Crippen molar-refractivity contribution in [3.05, 3.63) is 12.2 Å². The quantitative estimate of drug-likeness (QED) is 0.234. The number of unbranched alkanes of at least 4 members (excludes halogenated alkanes) is 5. The van der Waals surface area contributed by atoms with Crippen LogP contribution >= 0.6 is 0 Å². The highest BCUT2D eigenvalue weighted by molar-refractivity contribution is 7.92. The number of carbonyl (C=O) groups excluding carboxylic acids is 1. The van der Waals surface area contributed by atoms with E-state index in [9.17, 15) is 21.6 Å². The first kappa shape index (κ1) is 25.1. The summed E-state index contributed by atoms with van der Waals surface area (Å²) in [7, 11) is -7.00. The van der Waals surface area contributed by atoms with Crippen LogP contribution in [0.1, 0.15) is 65.7 Å². The van der Waals surface area contributed by atoms with Crippen LogP contribution in [-0.2, 0) is 29.2 Å². The second-order valence-electron chi connectivity index (χ2n) is 6.80. The lowest BCUT2D eigenvalue weighted by atomic mass is 10.2. The normalized spacial score (nSPS) is 13.3. The number of hydrogen-bond acceptors (Lipinski definition) is 6. The Kier molecular flexibility index (Phi) is 12.1. The third-order valence-electron chi connectivity index (χ3n) is 3.87. The molecule has 0 aromatic carbocycles. The number of esters is 1. The minimum atomic E-state index is -3.50. The number of carbonyl (C=O) groups is 1. The van der Waals surface area contributed by atoms with Gasteiger partial charge >= 0.3 is 5.97 Å². The van der Waals surface area contributed by atoms with Gasteiger partial charge in [0.2, 0.25) is 0 Å². The van der Waals surface area contributed by atoms with E-state index < -0.39 is 43.3 Å². The fourth-order valence-corrected chi connectivity index (χ4v) is 5.70. The minimum absolute atomic E-state index is 0.0238. The van der Waals surface area contributed by atoms with Gasteiger partial charge in [0.15, 0.2) is 19.7 Å². The Morgan fingerprint density at radius 3 is 1.69 bits per heavy atom. The molecule has 8 heteroatoms. The van der Waals surface area contributed by atoms with Crippen molar-refractivity contribution in [3.8, 4) is 0 Å². The number of sulfone groups is 2. The molecule has 0 aliphatic carbocycles. The van der Waals surface area contributed by atoms with Crippen LogP contribution < -0.4 is 0 Å². The summed E-state index contributed by atoms with van der Waals surface area (Å²) in [5.41, 5.74) is 0.110. The lowest BCUT2D eigenvalue weighted by molar-refractivity contribution is -0.142. The van der Waals surface area contributed by atoms with E-state index in [1.807, 2.05) is 13.8 Å². The van der Waals surface area contributed by atoms with E-state index in [2.05, 4.69) is 6.58 Å². The Balaban J connectivity index is 4.99. The van der Waals surface area contributed by atoms with Gasteiger partial charge in [-0.3, -0.25) is 0 Å². The van der Waals surface area contributed by atoms with Gasteiger partial charge in [0, 0.05) is 5.57 Å². The first-order valence-electron chi connectivity index (χ1n) is 9.30. The molecule has 0 spiro atoms. The molecule has 1 unspecified atom stereocenters. The molecular weight excluding hydrogens is 376 g/mol. The monoisotopic (exact) mass is 410 g/mol. The summed E-state index contributed by atoms with van der Waals surface area (Å²) < 4.78 is 54.2. The fraction of sp³-hybridized carbons (Fsp3) is 0.833. The molecule has 26 heavy (non-hydrogen) atoms. The fourth-order valence-electron chi connectivity index (χ4n) is 2.42. The lowest BCUT2D eigenvalue weighted by Gasteiger charge is -2.18. The van der Waals surface area contributed by atoms with Crippen molar-refractivity contribution in [3.63, 3.8) is 0 Å². The first-order valence-corrected chi connectivity index (χ1v) is 12.9. The molecule has 0 saturated carbocycles. The van der Waals surface area contributed by atoms with Crippen molar-refractivity contribution in [1.82, 2.24) is 0 Å². The average Bonchev–Trinajstić information content (AvgIpc) is 2.50. The molecule has 0 aromatic heterocycles. The molecule has 1 atom stereocenters. The Labute approximate surface area is 159 Å². The van der Waals surface area contributed by atoms with Gasteiger partial charge in [-0.15, -0.1) is 0 Å². The standard InChI is InChI=1S/C18H34O6S2/c1-5-7-9-11-13-26(22,23)15-17(24-18(19)16(3)4)14-25(20,21)12-10-8-6-2/h17H,3,5-15H2,1-2,4H3. The molecule has 0 aliphatic rings. The maximum absolute atomic E-state index is 12.3. The molecule has 154 valence electrons. The maximum atomic E-state index is 12.3. The predicted molar refractivity (Wildman–Crippen MR) is 106 cm³/mol. The average molecular weight is 411 g/mol. The zero-order chi connectivity index (χ0) is 20.2. The molecule has 0 N–H and O–H groups in total. The van der Waals surface area contributed by atoms with Gasteiger partial charge in [-0.2, -0.15) is 0 Å². The summed E-state index contributed by atoms with van der Waals surface area (Å²) >= 11 is 0. The van der Waals surface area contributed by atoms with Crippen molar-refractivity contribution in [2.24, 2.45) is 0 Å². The number of hydrogen-bond donors (Lipinski definition) is 0. The lowest BCUT2D eigenvalue weighted by Crippen LogP contribution is -2.35. The van der Waals surface area contributed by atoms with Crippen LogP contribution in [0.5, 0.6) is 0 Å². The molecule has 0 fully saturated rings. The summed E-state index contributed by atoms with van der Waals surface area (Å²) in [6.07, 6.45) is 4.28. The SMILES string of the molecule is C=C(C)C(=O)OC(CS(=O)(=O)CCCCC)CS(=O)(=O)CCCCCC. The highest BCUT2D eigenvalue weighted by atomic mass is 32.2. The molecule has 6 nitrogen and oxygen atoms in total. The van der Waals surface area contributed by atoms with Crippen molar-refractivity contribution in [1.29, 1.82) is 0 Å². The van der Waals surface area contributed by atoms with Crippen molar-refractivity contribution in [2.75, 3.05) is 23.0 Å². The van der Waals surface area contributed by atoms with Gasteiger partial charge in [0.1, 0.15) is 6.10 Å². The predicted octanol–water partition coefficient (Wildman–Crippen LogP) is 3.07. The van der Waals surface area contributed by atoms with Crippen molar-refractivity contribution in [2.45, 2.75) is 71.8 Å². The molecule has 0 bridgehead atoms. The van der Waals surface area contributed by atoms with Gasteiger partial charge < -0.3 is 4.74 Å². The molecule has 0 radical (unpaired) electrons. The summed E-state index contributed by atoms with van der Waals surface area (Å²) in [5.74, 6) is -1.75. The van der Waals surface area contributed by atoms with Gasteiger partial charge in [-0.05, 0) is 19.8 Å². The maximum Gasteiger partial charge on any atom is 0.333 e. The van der Waals surface area contributed by atoms with Crippen LogP contribution in [0, 0.1) is 0 Å². The van der Waals surface area contributed by atoms with Crippen LogP contribution in [0.2, 0.25) is 0 Å². The number of ether oxygens (including phenoxy) is 1. The zero-order valence-corrected chi connectivity index (χ0v) is 18.0. The van der Waals surface area contributed by atoms with Crippen molar-refractivity contribution < 1.29 is 26.4 Å². The summed E-state index contributed by atoms with van der Waals surface area (Å²) in [6, 6.07) is 0. The van der Waals surface area contributed by atoms with Gasteiger partial charge in [0.25, 0.3) is 0 Å². The van der Waals surface area contributed by atoms with E-state index in [0.717, 1.165) is 32.1 Å². The minimum Gasteiger partial charge on any atom is -0.457 e. The van der Waals surface area contributed by atoms with E-state index >= 15 is 0 Å². The van der Waals surface area contributed by atoms with E-state index in [1.165, 1.54) is 6.92 Å². The molecule has 0 heterocycles. The Morgan fingerprint density at radius 1 is 0.846 bits per heavy atom. The van der Waals surface area contributed by atoms with Gasteiger partial charge in [-0.25, -0.2) is 21.6 Å². The molecule has 0 saturated heterocycles. The van der Waals surface area contributed by atoms with Crippen LogP contribution in [0.4, 0.5) is 0 Å². The molecular formula is C18H34O6S2. The van der Waals surface area contributed by atoms with E-state index in [4.69, 9.17) is 4.74 Å². The van der Waals surface area contributed by atoms with Crippen LogP contribution in [0.3, 0.4) is 0 Å². The summed E-state index contributed by atoms with van der Waals surface area (Å²) in [6.45, 7) is 8.90. The molecule has 0 rings (SSSR count). The topological polar surface area (TPSA) is 94.6 Å². The van der Waals surface area contributed by atoms with E-state index in [-0.39, 0.29) is 17.1 Å². The first-order chi connectivity index (χ1) is 12.0. The largest absolute Gasteiger partial charge is 0.457 e. The molecule has 0 amide bonds. The third-order valence-corrected chi connectivity index (χ3v) is 7.45. The van der Waals surface area contributed by atoms with Gasteiger partial charge in [0.05, 0.1) is 23.0 Å². The van der Waals surface area contributed by atoms with Crippen LogP contribution in [0.15, 0.2) is 12.2 Å². The number of rotatable bonds is 15. The third kappa shape index (κ3) is 12.5. The summed E-state index contributed by atoms with van der Waals surface area (Å²) in [5, 5.41) is 0. The Bertz CT molecular complexity index is 635. The zero-order valence-electron chi connectivity index (χ0n) is 16.3. The highest BCUT2D eigenvalue weighted by Gasteiger charge is 2.28. The van der Waals surface area contributed by atoms with E-state index in [1.54, 1.807) is 0 Å². The smallest absolute Gasteiger partial charge is 0.333 e. The second kappa shape index (κ2) is 12.5. The van der Waals surface area contributed by atoms with Gasteiger partial charge in [-0.1, -0.05) is 52.5 Å². The van der Waals surface area contributed by atoms with Crippen LogP contribution in [0.25, 0.3) is 0 Å². The highest BCUT2D eigenvalue weighted by Crippen LogP contribution is 2.11. The summed E-state index contributed by atoms with van der Waals surface area (Å²) in [4.78, 5) is 11.8.